The molecule has 8 heteroatoms. The van der Waals surface area contributed by atoms with Crippen LogP contribution in [0.25, 0.3) is 10.1 Å². The Hall–Kier alpha value is -1.25. The third-order valence-corrected chi connectivity index (χ3v) is 4.51. The molecule has 1 heterocycles. The summed E-state index contributed by atoms with van der Waals surface area (Å²) in [5.74, 6) is -0.332. The number of amides is 1. The van der Waals surface area contributed by atoms with Crippen molar-refractivity contribution in [1.29, 1.82) is 0 Å². The first-order chi connectivity index (χ1) is 10.0. The number of nitrogens with two attached hydrogens (primary N) is 1. The summed E-state index contributed by atoms with van der Waals surface area (Å²) in [6.45, 7) is -0.446. The van der Waals surface area contributed by atoms with E-state index in [1.165, 1.54) is 11.3 Å². The Labute approximate surface area is 132 Å². The smallest absolute Gasteiger partial charge is 0.263 e. The number of carbonyl (C=O) groups is 1. The summed E-state index contributed by atoms with van der Waals surface area (Å²) >= 11 is 4.69. The molecule has 0 unspecified atom stereocenters. The molecule has 0 aliphatic rings. The number of alkyl halides is 2. The highest BCUT2D eigenvalue weighted by Crippen LogP contribution is 2.37. The Morgan fingerprint density at radius 3 is 2.90 bits per heavy atom. The summed E-state index contributed by atoms with van der Waals surface area (Å²) in [4.78, 5) is 12.5. The SMILES string of the molecule is Nc1c(C(=O)NCCOCC(F)F)sc2cccc(Br)c12. The topological polar surface area (TPSA) is 64.4 Å². The molecule has 0 bridgehead atoms. The Balaban J connectivity index is 2.00. The van der Waals surface area contributed by atoms with Crippen LogP contribution in [0.3, 0.4) is 0 Å². The summed E-state index contributed by atoms with van der Waals surface area (Å²) in [5, 5.41) is 3.41. The fraction of sp³-hybridized carbons (Fsp3) is 0.308. The third kappa shape index (κ3) is 3.90. The Kier molecular flexibility index (Phi) is 5.49. The predicted octanol–water partition coefficient (Wildman–Crippen LogP) is 3.26. The second kappa shape index (κ2) is 7.15. The van der Waals surface area contributed by atoms with Gasteiger partial charge in [0.15, 0.2) is 0 Å². The van der Waals surface area contributed by atoms with Gasteiger partial charge in [0.25, 0.3) is 12.3 Å². The van der Waals surface area contributed by atoms with Crippen LogP contribution in [0.5, 0.6) is 0 Å². The number of nitrogens with one attached hydrogen (secondary N) is 1. The largest absolute Gasteiger partial charge is 0.397 e. The van der Waals surface area contributed by atoms with E-state index in [0.29, 0.717) is 10.6 Å². The van der Waals surface area contributed by atoms with Crippen LogP contribution in [0.1, 0.15) is 9.67 Å². The number of thiophene rings is 1. The molecule has 0 radical (unpaired) electrons. The van der Waals surface area contributed by atoms with E-state index in [4.69, 9.17) is 5.73 Å². The highest BCUT2D eigenvalue weighted by atomic mass is 79.9. The molecule has 2 aromatic rings. The van der Waals surface area contributed by atoms with Crippen LogP contribution in [-0.2, 0) is 4.74 Å². The van der Waals surface area contributed by atoms with Crippen LogP contribution in [0.2, 0.25) is 0 Å². The number of fused-ring (bicyclic) bond motifs is 1. The first-order valence-corrected chi connectivity index (χ1v) is 7.72. The number of hydrogen-bond donors (Lipinski definition) is 2. The summed E-state index contributed by atoms with van der Waals surface area (Å²) in [6.07, 6.45) is -2.50. The van der Waals surface area contributed by atoms with Gasteiger partial charge in [-0.15, -0.1) is 11.3 Å². The number of halogens is 3. The number of ether oxygens (including phenoxy) is 1. The van der Waals surface area contributed by atoms with Gasteiger partial charge < -0.3 is 15.8 Å². The molecule has 2 rings (SSSR count). The summed E-state index contributed by atoms with van der Waals surface area (Å²) in [7, 11) is 0. The molecule has 0 aliphatic heterocycles. The second-order valence-electron chi connectivity index (χ2n) is 4.18. The van der Waals surface area contributed by atoms with Gasteiger partial charge in [0.2, 0.25) is 0 Å². The molecule has 3 N–H and O–H groups in total. The van der Waals surface area contributed by atoms with E-state index in [-0.39, 0.29) is 19.1 Å². The summed E-state index contributed by atoms with van der Waals surface area (Å²) in [5.41, 5.74) is 6.41. The maximum Gasteiger partial charge on any atom is 0.263 e. The van der Waals surface area contributed by atoms with Gasteiger partial charge in [-0.2, -0.15) is 0 Å². The van der Waals surface area contributed by atoms with E-state index in [2.05, 4.69) is 26.0 Å². The van der Waals surface area contributed by atoms with E-state index in [0.717, 1.165) is 14.6 Å². The van der Waals surface area contributed by atoms with Gasteiger partial charge >= 0.3 is 0 Å². The molecule has 1 aromatic heterocycles. The highest BCUT2D eigenvalue weighted by Gasteiger charge is 2.17. The van der Waals surface area contributed by atoms with Gasteiger partial charge in [-0.1, -0.05) is 22.0 Å². The molecule has 0 aliphatic carbocycles. The zero-order valence-electron chi connectivity index (χ0n) is 10.9. The lowest BCUT2D eigenvalue weighted by atomic mass is 10.2. The van der Waals surface area contributed by atoms with Gasteiger partial charge in [0.1, 0.15) is 11.5 Å². The van der Waals surface area contributed by atoms with Gasteiger partial charge in [-0.05, 0) is 12.1 Å². The van der Waals surface area contributed by atoms with Gasteiger partial charge in [-0.25, -0.2) is 8.78 Å². The van der Waals surface area contributed by atoms with E-state index in [1.807, 2.05) is 18.2 Å². The second-order valence-corrected chi connectivity index (χ2v) is 6.09. The van der Waals surface area contributed by atoms with Gasteiger partial charge in [-0.3, -0.25) is 4.79 Å². The maximum absolute atomic E-state index is 12.0. The van der Waals surface area contributed by atoms with Crippen LogP contribution < -0.4 is 11.1 Å². The highest BCUT2D eigenvalue weighted by molar-refractivity contribution is 9.10. The van der Waals surface area contributed by atoms with E-state index in [1.54, 1.807) is 0 Å². The van der Waals surface area contributed by atoms with Crippen molar-refractivity contribution in [3.8, 4) is 0 Å². The molecule has 4 nitrogen and oxygen atoms in total. The molecule has 1 amide bonds. The minimum atomic E-state index is -2.50. The zero-order chi connectivity index (χ0) is 15.4. The van der Waals surface area contributed by atoms with Crippen molar-refractivity contribution in [1.82, 2.24) is 5.32 Å². The fourth-order valence-corrected chi connectivity index (χ4v) is 3.56. The van der Waals surface area contributed by atoms with Crippen molar-refractivity contribution in [2.24, 2.45) is 0 Å². The fourth-order valence-electron chi connectivity index (χ4n) is 1.79. The first kappa shape index (κ1) is 16.1. The quantitative estimate of drug-likeness (QED) is 0.758. The Bertz CT molecular complexity index is 648. The third-order valence-electron chi connectivity index (χ3n) is 2.68. The van der Waals surface area contributed by atoms with Crippen molar-refractivity contribution in [2.45, 2.75) is 6.43 Å². The summed E-state index contributed by atoms with van der Waals surface area (Å²) < 4.78 is 30.1. The van der Waals surface area contributed by atoms with E-state index >= 15 is 0 Å². The summed E-state index contributed by atoms with van der Waals surface area (Å²) in [6, 6.07) is 5.59. The maximum atomic E-state index is 12.0. The molecule has 21 heavy (non-hydrogen) atoms. The van der Waals surface area contributed by atoms with Crippen molar-refractivity contribution in [3.05, 3.63) is 27.5 Å². The minimum absolute atomic E-state index is 0.0323. The average Bonchev–Trinajstić information content (AvgIpc) is 2.76. The standard InChI is InChI=1S/C13H13BrF2N2O2S/c14-7-2-1-3-8-10(7)11(17)12(21-8)13(19)18-4-5-20-6-9(15)16/h1-3,9H,4-6,17H2,(H,18,19). The predicted molar refractivity (Wildman–Crippen MR) is 83.1 cm³/mol. The van der Waals surface area contributed by atoms with Crippen LogP contribution >= 0.6 is 27.3 Å². The van der Waals surface area contributed by atoms with Crippen molar-refractivity contribution in [2.75, 3.05) is 25.5 Å². The molecular formula is C13H13BrF2N2O2S. The lowest BCUT2D eigenvalue weighted by Gasteiger charge is -2.05. The van der Waals surface area contributed by atoms with Crippen molar-refractivity contribution < 1.29 is 18.3 Å². The lowest BCUT2D eigenvalue weighted by molar-refractivity contribution is 0.0188. The van der Waals surface area contributed by atoms with Crippen LogP contribution in [-0.4, -0.2) is 32.1 Å². The van der Waals surface area contributed by atoms with E-state index in [9.17, 15) is 13.6 Å². The Morgan fingerprint density at radius 2 is 2.24 bits per heavy atom. The molecule has 0 atom stereocenters. The Morgan fingerprint density at radius 1 is 1.48 bits per heavy atom. The number of anilines is 1. The van der Waals surface area contributed by atoms with Gasteiger partial charge in [0, 0.05) is 21.1 Å². The zero-order valence-corrected chi connectivity index (χ0v) is 13.3. The number of nitrogen functional groups attached to an aromatic ring is 1. The van der Waals surface area contributed by atoms with Crippen molar-refractivity contribution in [3.63, 3.8) is 0 Å². The number of carbonyl (C=O) groups excluding carboxylic acids is 1. The molecule has 114 valence electrons. The minimum Gasteiger partial charge on any atom is -0.397 e. The van der Waals surface area contributed by atoms with Crippen LogP contribution in [0, 0.1) is 0 Å². The monoisotopic (exact) mass is 378 g/mol. The average molecular weight is 379 g/mol. The molecule has 1 aromatic carbocycles. The molecular weight excluding hydrogens is 366 g/mol. The first-order valence-electron chi connectivity index (χ1n) is 6.11. The molecule has 0 fully saturated rings. The number of hydrogen-bond acceptors (Lipinski definition) is 4. The van der Waals surface area contributed by atoms with E-state index < -0.39 is 13.0 Å². The van der Waals surface area contributed by atoms with Crippen LogP contribution in [0.15, 0.2) is 22.7 Å². The molecule has 0 spiro atoms. The lowest BCUT2D eigenvalue weighted by Crippen LogP contribution is -2.27. The van der Waals surface area contributed by atoms with Crippen molar-refractivity contribution >= 4 is 48.9 Å². The van der Waals surface area contributed by atoms with Crippen LogP contribution in [0.4, 0.5) is 14.5 Å². The number of rotatable bonds is 6. The number of benzene rings is 1. The normalized spacial score (nSPS) is 11.2. The molecule has 0 saturated heterocycles. The van der Waals surface area contributed by atoms with Gasteiger partial charge in [0.05, 0.1) is 12.3 Å². The molecule has 0 saturated carbocycles.